The molecule has 1 atom stereocenters. The Morgan fingerprint density at radius 3 is 2.60 bits per heavy atom. The average Bonchev–Trinajstić information content (AvgIpc) is 3.35. The Kier molecular flexibility index (Phi) is 6.25. The van der Waals surface area contributed by atoms with Crippen molar-refractivity contribution in [2.24, 2.45) is 0 Å². The fourth-order valence-corrected chi connectivity index (χ4v) is 5.05. The van der Waals surface area contributed by atoms with Crippen LogP contribution in [-0.4, -0.2) is 50.9 Å². The Bertz CT molecular complexity index is 1250. The number of rotatable bonds is 5. The van der Waals surface area contributed by atoms with Crippen molar-refractivity contribution >= 4 is 17.6 Å². The number of fused-ring (bicyclic) bond motifs is 1. The van der Waals surface area contributed by atoms with Crippen LogP contribution in [0.15, 0.2) is 42.9 Å². The lowest BCUT2D eigenvalue weighted by Crippen LogP contribution is -2.40. The minimum atomic E-state index is -1.04. The lowest BCUT2D eigenvalue weighted by atomic mass is 9.92. The van der Waals surface area contributed by atoms with Crippen LogP contribution in [0.25, 0.3) is 11.1 Å². The molecule has 2 N–H and O–H groups in total. The maximum atomic E-state index is 12.5. The van der Waals surface area contributed by atoms with Gasteiger partial charge in [-0.15, -0.1) is 0 Å². The topological polar surface area (TPSA) is 110 Å². The van der Waals surface area contributed by atoms with Crippen molar-refractivity contribution < 1.29 is 19.4 Å². The van der Waals surface area contributed by atoms with Crippen LogP contribution in [0, 0.1) is 0 Å². The smallest absolute Gasteiger partial charge is 0.337 e. The van der Waals surface area contributed by atoms with Gasteiger partial charge in [-0.2, -0.15) is 5.10 Å². The summed E-state index contributed by atoms with van der Waals surface area (Å²) in [6.07, 6.45) is 8.81. The summed E-state index contributed by atoms with van der Waals surface area (Å²) in [6, 6.07) is 7.42. The number of ether oxygens (including phenoxy) is 1. The van der Waals surface area contributed by atoms with Gasteiger partial charge in [0, 0.05) is 48.1 Å². The normalized spacial score (nSPS) is 18.2. The summed E-state index contributed by atoms with van der Waals surface area (Å²) in [5.41, 5.74) is 3.66. The Morgan fingerprint density at radius 2 is 1.91 bits per heavy atom. The summed E-state index contributed by atoms with van der Waals surface area (Å²) in [5, 5.41) is 17.2. The van der Waals surface area contributed by atoms with Crippen LogP contribution in [0.5, 0.6) is 11.6 Å². The first kappa shape index (κ1) is 23.0. The van der Waals surface area contributed by atoms with Gasteiger partial charge >= 0.3 is 5.97 Å². The van der Waals surface area contributed by atoms with Crippen molar-refractivity contribution in [1.29, 1.82) is 0 Å². The largest absolute Gasteiger partial charge is 0.478 e. The van der Waals surface area contributed by atoms with E-state index in [0.29, 0.717) is 17.7 Å². The van der Waals surface area contributed by atoms with Gasteiger partial charge in [0.25, 0.3) is 0 Å². The van der Waals surface area contributed by atoms with Gasteiger partial charge in [0.2, 0.25) is 11.8 Å². The van der Waals surface area contributed by atoms with E-state index in [1.165, 1.54) is 12.3 Å². The zero-order valence-electron chi connectivity index (χ0n) is 19.9. The van der Waals surface area contributed by atoms with Gasteiger partial charge < -0.3 is 20.1 Å². The van der Waals surface area contributed by atoms with Crippen molar-refractivity contribution in [3.63, 3.8) is 0 Å². The first-order valence-electron chi connectivity index (χ1n) is 12.0. The molecule has 1 fully saturated rings. The van der Waals surface area contributed by atoms with Gasteiger partial charge in [-0.3, -0.25) is 9.48 Å². The van der Waals surface area contributed by atoms with Crippen LogP contribution in [0.1, 0.15) is 55.1 Å². The molecule has 2 aliphatic rings. The maximum absolute atomic E-state index is 12.5. The van der Waals surface area contributed by atoms with E-state index in [2.05, 4.69) is 21.6 Å². The van der Waals surface area contributed by atoms with E-state index in [1.807, 2.05) is 34.8 Å². The minimum Gasteiger partial charge on any atom is -0.478 e. The second kappa shape index (κ2) is 9.50. The van der Waals surface area contributed by atoms with Gasteiger partial charge in [0.05, 0.1) is 23.5 Å². The van der Waals surface area contributed by atoms with Gasteiger partial charge in [-0.25, -0.2) is 9.78 Å². The van der Waals surface area contributed by atoms with Crippen molar-refractivity contribution in [2.45, 2.75) is 51.6 Å². The molecular formula is C26H29N5O4. The molecule has 9 heteroatoms. The van der Waals surface area contributed by atoms with Crippen LogP contribution in [0.2, 0.25) is 0 Å². The van der Waals surface area contributed by atoms with E-state index in [0.717, 1.165) is 61.2 Å². The minimum absolute atomic E-state index is 0.0141. The third-order valence-corrected chi connectivity index (χ3v) is 6.87. The number of hydrogen-bond acceptors (Lipinski definition) is 6. The first-order chi connectivity index (χ1) is 16.9. The number of amides is 1. The van der Waals surface area contributed by atoms with Crippen LogP contribution in [0.4, 0.5) is 5.69 Å². The highest BCUT2D eigenvalue weighted by atomic mass is 16.5. The fraction of sp³-hybridized carbons (Fsp3) is 0.385. The Labute approximate surface area is 203 Å². The molecule has 0 saturated carbocycles. The molecule has 1 amide bonds. The summed E-state index contributed by atoms with van der Waals surface area (Å²) in [7, 11) is 0. The molecule has 0 spiro atoms. The van der Waals surface area contributed by atoms with Gasteiger partial charge in [0.1, 0.15) is 5.75 Å². The molecular weight excluding hydrogens is 446 g/mol. The Morgan fingerprint density at radius 1 is 1.11 bits per heavy atom. The second-order valence-corrected chi connectivity index (χ2v) is 9.20. The molecule has 35 heavy (non-hydrogen) atoms. The molecule has 2 aliphatic heterocycles. The molecule has 4 heterocycles. The van der Waals surface area contributed by atoms with Gasteiger partial charge in [-0.1, -0.05) is 0 Å². The number of benzene rings is 1. The summed E-state index contributed by atoms with van der Waals surface area (Å²) in [5.74, 6) is -0.137. The Balaban J connectivity index is 1.58. The third-order valence-electron chi connectivity index (χ3n) is 6.87. The number of carbonyl (C=O) groups excluding carboxylic acids is 1. The molecule has 182 valence electrons. The molecule has 0 unspecified atom stereocenters. The molecule has 9 nitrogen and oxygen atoms in total. The molecule has 2 aromatic heterocycles. The monoisotopic (exact) mass is 475 g/mol. The van der Waals surface area contributed by atoms with E-state index >= 15 is 0 Å². The van der Waals surface area contributed by atoms with E-state index in [4.69, 9.17) is 4.74 Å². The van der Waals surface area contributed by atoms with E-state index < -0.39 is 5.97 Å². The highest BCUT2D eigenvalue weighted by Crippen LogP contribution is 2.44. The molecule has 1 aromatic carbocycles. The second-order valence-electron chi connectivity index (χ2n) is 9.20. The number of carbonyl (C=O) groups is 2. The lowest BCUT2D eigenvalue weighted by molar-refractivity contribution is -0.117. The van der Waals surface area contributed by atoms with E-state index in [-0.39, 0.29) is 17.5 Å². The number of hydrogen-bond donors (Lipinski definition) is 2. The summed E-state index contributed by atoms with van der Waals surface area (Å²) >= 11 is 0. The van der Waals surface area contributed by atoms with Crippen LogP contribution >= 0.6 is 0 Å². The molecule has 0 aliphatic carbocycles. The number of pyridine rings is 1. The zero-order valence-corrected chi connectivity index (χ0v) is 19.9. The highest BCUT2D eigenvalue weighted by molar-refractivity contribution is 5.95. The lowest BCUT2D eigenvalue weighted by Gasteiger charge is -2.35. The standard InChI is InChI=1S/C26H29N5O4/c1-16-3-5-22-23(31(16)17(2)32)7-6-21(19-14-29-30(15-19)20-9-11-27-12-10-20)25(22)35-24-8-4-18(13-28-24)26(33)34/h4,6-8,13-16,20,27H,3,5,9-12H2,1-2H3,(H,33,34)/t16-/m0/s1. The molecule has 5 rings (SSSR count). The number of piperidine rings is 1. The number of anilines is 1. The van der Waals surface area contributed by atoms with Crippen LogP contribution in [0.3, 0.4) is 0 Å². The summed E-state index contributed by atoms with van der Waals surface area (Å²) in [4.78, 5) is 29.7. The first-order valence-corrected chi connectivity index (χ1v) is 12.0. The molecule has 0 radical (unpaired) electrons. The SMILES string of the molecule is CC(=O)N1c2ccc(-c3cnn(C4CCNCC4)c3)c(Oc3ccc(C(=O)O)cn3)c2CC[C@@H]1C. The van der Waals surface area contributed by atoms with Gasteiger partial charge in [-0.05, 0) is 63.9 Å². The number of aromatic nitrogens is 3. The number of aromatic carboxylic acids is 1. The molecule has 3 aromatic rings. The van der Waals surface area contributed by atoms with Crippen molar-refractivity contribution in [2.75, 3.05) is 18.0 Å². The quantitative estimate of drug-likeness (QED) is 0.573. The average molecular weight is 476 g/mol. The van der Waals surface area contributed by atoms with Crippen molar-refractivity contribution in [3.8, 4) is 22.8 Å². The molecule has 0 bridgehead atoms. The molecule has 1 saturated heterocycles. The van der Waals surface area contributed by atoms with E-state index in [1.54, 1.807) is 13.0 Å². The zero-order chi connectivity index (χ0) is 24.5. The van der Waals surface area contributed by atoms with Crippen molar-refractivity contribution in [1.82, 2.24) is 20.1 Å². The predicted octanol–water partition coefficient (Wildman–Crippen LogP) is 4.05. The van der Waals surface area contributed by atoms with Crippen LogP contribution < -0.4 is 15.0 Å². The van der Waals surface area contributed by atoms with Gasteiger partial charge in [0.15, 0.2) is 0 Å². The summed E-state index contributed by atoms with van der Waals surface area (Å²) in [6.45, 7) is 5.58. The Hall–Kier alpha value is -3.72. The maximum Gasteiger partial charge on any atom is 0.337 e. The fourth-order valence-electron chi connectivity index (χ4n) is 5.05. The predicted molar refractivity (Wildman–Crippen MR) is 131 cm³/mol. The van der Waals surface area contributed by atoms with Crippen LogP contribution in [-0.2, 0) is 11.2 Å². The van der Waals surface area contributed by atoms with Crippen molar-refractivity contribution in [3.05, 3.63) is 54.0 Å². The highest BCUT2D eigenvalue weighted by Gasteiger charge is 2.30. The summed E-state index contributed by atoms with van der Waals surface area (Å²) < 4.78 is 8.36. The van der Waals surface area contributed by atoms with E-state index in [9.17, 15) is 14.7 Å². The number of nitrogens with one attached hydrogen (secondary N) is 1. The number of nitrogens with zero attached hydrogens (tertiary/aromatic N) is 4. The number of carboxylic acids is 1. The number of carboxylic acid groups (broad SMARTS) is 1. The third kappa shape index (κ3) is 4.51.